The van der Waals surface area contributed by atoms with E-state index in [0.29, 0.717) is 5.69 Å². The first-order valence-electron chi connectivity index (χ1n) is 6.46. The number of rotatable bonds is 5. The number of nitrogens with one attached hydrogen (secondary N) is 1. The van der Waals surface area contributed by atoms with E-state index < -0.39 is 12.1 Å². The molecule has 0 spiro atoms. The van der Waals surface area contributed by atoms with Gasteiger partial charge in [0.2, 0.25) is 0 Å². The van der Waals surface area contributed by atoms with Crippen LogP contribution in [0.1, 0.15) is 30.1 Å². The van der Waals surface area contributed by atoms with Crippen molar-refractivity contribution in [1.82, 2.24) is 5.32 Å². The van der Waals surface area contributed by atoms with Gasteiger partial charge in [0.1, 0.15) is 11.3 Å². The molecule has 0 aliphatic heterocycles. The Morgan fingerprint density at radius 3 is 2.70 bits per heavy atom. The van der Waals surface area contributed by atoms with Gasteiger partial charge in [0.05, 0.1) is 7.11 Å². The van der Waals surface area contributed by atoms with Gasteiger partial charge >= 0.3 is 5.97 Å². The monoisotopic (exact) mass is 278 g/mol. The molecule has 0 radical (unpaired) electrons. The number of esters is 1. The van der Waals surface area contributed by atoms with E-state index >= 15 is 0 Å². The number of hydrogen-bond donors (Lipinski definition) is 2. The molecule has 1 aliphatic rings. The van der Waals surface area contributed by atoms with Crippen molar-refractivity contribution >= 4 is 17.6 Å². The van der Waals surface area contributed by atoms with Gasteiger partial charge in [-0.1, -0.05) is 0 Å². The van der Waals surface area contributed by atoms with Crippen molar-refractivity contribution in [2.45, 2.75) is 31.9 Å². The molecule has 2 rings (SSSR count). The molecule has 0 bridgehead atoms. The van der Waals surface area contributed by atoms with Crippen LogP contribution in [-0.4, -0.2) is 31.1 Å². The zero-order valence-corrected chi connectivity index (χ0v) is 11.5. The second-order valence-electron chi connectivity index (χ2n) is 4.79. The summed E-state index contributed by atoms with van der Waals surface area (Å²) in [4.78, 5) is 23.5. The Hall–Kier alpha value is -2.24. The number of anilines is 1. The summed E-state index contributed by atoms with van der Waals surface area (Å²) in [6.45, 7) is 1.63. The standard InChI is InChI=1S/C14H18N2O4/c1-8(13(17)16-10-4-5-10)20-12-6-3-9(15)7-11(12)14(18)19-2/h3,6-8,10H,4-5,15H2,1-2H3,(H,16,17). The van der Waals surface area contributed by atoms with Gasteiger partial charge in [0.25, 0.3) is 5.91 Å². The number of methoxy groups -OCH3 is 1. The Morgan fingerprint density at radius 2 is 2.10 bits per heavy atom. The molecular weight excluding hydrogens is 260 g/mol. The van der Waals surface area contributed by atoms with Gasteiger partial charge in [-0.2, -0.15) is 0 Å². The number of benzene rings is 1. The summed E-state index contributed by atoms with van der Waals surface area (Å²) >= 11 is 0. The van der Waals surface area contributed by atoms with E-state index in [1.54, 1.807) is 19.1 Å². The summed E-state index contributed by atoms with van der Waals surface area (Å²) in [6, 6.07) is 4.89. The topological polar surface area (TPSA) is 90.7 Å². The molecular formula is C14H18N2O4. The summed E-state index contributed by atoms with van der Waals surface area (Å²) in [5, 5.41) is 2.84. The lowest BCUT2D eigenvalue weighted by molar-refractivity contribution is -0.127. The van der Waals surface area contributed by atoms with Gasteiger partial charge in [0.15, 0.2) is 6.10 Å². The highest BCUT2D eigenvalue weighted by molar-refractivity contribution is 5.93. The molecule has 1 aliphatic carbocycles. The highest BCUT2D eigenvalue weighted by Crippen LogP contribution is 2.24. The van der Waals surface area contributed by atoms with E-state index in [9.17, 15) is 9.59 Å². The molecule has 3 N–H and O–H groups in total. The number of carbonyl (C=O) groups excluding carboxylic acids is 2. The number of nitrogen functional groups attached to an aromatic ring is 1. The van der Waals surface area contributed by atoms with E-state index in [4.69, 9.17) is 10.5 Å². The Morgan fingerprint density at radius 1 is 1.40 bits per heavy atom. The van der Waals surface area contributed by atoms with Crippen molar-refractivity contribution in [1.29, 1.82) is 0 Å². The number of nitrogens with two attached hydrogens (primary N) is 1. The van der Waals surface area contributed by atoms with Crippen LogP contribution in [-0.2, 0) is 9.53 Å². The number of hydrogen-bond acceptors (Lipinski definition) is 5. The lowest BCUT2D eigenvalue weighted by atomic mass is 10.1. The Kier molecular flexibility index (Phi) is 4.12. The average molecular weight is 278 g/mol. The van der Waals surface area contributed by atoms with Crippen LogP contribution in [0.15, 0.2) is 18.2 Å². The minimum atomic E-state index is -0.692. The Bertz CT molecular complexity index is 526. The maximum Gasteiger partial charge on any atom is 0.341 e. The van der Waals surface area contributed by atoms with Crippen LogP contribution in [0.2, 0.25) is 0 Å². The molecule has 20 heavy (non-hydrogen) atoms. The van der Waals surface area contributed by atoms with E-state index in [1.165, 1.54) is 13.2 Å². The lowest BCUT2D eigenvalue weighted by Gasteiger charge is -2.16. The fraction of sp³-hybridized carbons (Fsp3) is 0.429. The summed E-state index contributed by atoms with van der Waals surface area (Å²) < 4.78 is 10.2. The molecule has 1 saturated carbocycles. The third kappa shape index (κ3) is 3.40. The molecule has 6 nitrogen and oxygen atoms in total. The molecule has 1 unspecified atom stereocenters. The van der Waals surface area contributed by atoms with Crippen LogP contribution in [0.4, 0.5) is 5.69 Å². The lowest BCUT2D eigenvalue weighted by Crippen LogP contribution is -2.37. The van der Waals surface area contributed by atoms with Crippen LogP contribution in [0, 0.1) is 0 Å². The molecule has 1 aromatic carbocycles. The third-order valence-electron chi connectivity index (χ3n) is 3.01. The van der Waals surface area contributed by atoms with Gasteiger partial charge in [-0.3, -0.25) is 4.79 Å². The van der Waals surface area contributed by atoms with Gasteiger partial charge in [-0.05, 0) is 38.0 Å². The van der Waals surface area contributed by atoms with Crippen molar-refractivity contribution in [2.24, 2.45) is 0 Å². The van der Waals surface area contributed by atoms with Gasteiger partial charge < -0.3 is 20.5 Å². The summed E-state index contributed by atoms with van der Waals surface area (Å²) in [5.41, 5.74) is 6.27. The Balaban J connectivity index is 2.10. The van der Waals surface area contributed by atoms with E-state index in [1.807, 2.05) is 0 Å². The van der Waals surface area contributed by atoms with Crippen molar-refractivity contribution in [3.8, 4) is 5.75 Å². The SMILES string of the molecule is COC(=O)c1cc(N)ccc1OC(C)C(=O)NC1CC1. The molecule has 108 valence electrons. The molecule has 0 saturated heterocycles. The Labute approximate surface area is 117 Å². The normalized spacial score (nSPS) is 15.3. The summed E-state index contributed by atoms with van der Waals surface area (Å²) in [7, 11) is 1.28. The van der Waals surface area contributed by atoms with E-state index in [-0.39, 0.29) is 23.3 Å². The molecule has 0 heterocycles. The fourth-order valence-corrected chi connectivity index (χ4v) is 1.71. The van der Waals surface area contributed by atoms with E-state index in [2.05, 4.69) is 10.1 Å². The van der Waals surface area contributed by atoms with Crippen LogP contribution in [0.5, 0.6) is 5.75 Å². The highest BCUT2D eigenvalue weighted by Gasteiger charge is 2.27. The first-order valence-corrected chi connectivity index (χ1v) is 6.46. The van der Waals surface area contributed by atoms with Crippen molar-refractivity contribution in [3.63, 3.8) is 0 Å². The average Bonchev–Trinajstić information content (AvgIpc) is 3.23. The smallest absolute Gasteiger partial charge is 0.341 e. The second-order valence-corrected chi connectivity index (χ2v) is 4.79. The summed E-state index contributed by atoms with van der Waals surface area (Å²) in [6.07, 6.45) is 1.32. The van der Waals surface area contributed by atoms with Crippen molar-refractivity contribution in [3.05, 3.63) is 23.8 Å². The quantitative estimate of drug-likeness (QED) is 0.621. The van der Waals surface area contributed by atoms with Gasteiger partial charge in [-0.15, -0.1) is 0 Å². The van der Waals surface area contributed by atoms with E-state index in [0.717, 1.165) is 12.8 Å². The molecule has 1 aromatic rings. The fourth-order valence-electron chi connectivity index (χ4n) is 1.71. The van der Waals surface area contributed by atoms with Crippen molar-refractivity contribution in [2.75, 3.05) is 12.8 Å². The maximum atomic E-state index is 11.8. The minimum absolute atomic E-state index is 0.194. The molecule has 6 heteroatoms. The first-order chi connectivity index (χ1) is 9.51. The van der Waals surface area contributed by atoms with Crippen molar-refractivity contribution < 1.29 is 19.1 Å². The zero-order chi connectivity index (χ0) is 14.7. The minimum Gasteiger partial charge on any atom is -0.480 e. The predicted molar refractivity (Wildman–Crippen MR) is 73.4 cm³/mol. The third-order valence-corrected chi connectivity index (χ3v) is 3.01. The molecule has 1 amide bonds. The first kappa shape index (κ1) is 14.2. The number of carbonyl (C=O) groups is 2. The van der Waals surface area contributed by atoms with Crippen LogP contribution in [0.25, 0.3) is 0 Å². The van der Waals surface area contributed by atoms with Crippen LogP contribution in [0.3, 0.4) is 0 Å². The summed E-state index contributed by atoms with van der Waals surface area (Å²) in [5.74, 6) is -0.466. The zero-order valence-electron chi connectivity index (χ0n) is 11.5. The number of amides is 1. The van der Waals surface area contributed by atoms with Crippen LogP contribution >= 0.6 is 0 Å². The largest absolute Gasteiger partial charge is 0.480 e. The van der Waals surface area contributed by atoms with Crippen LogP contribution < -0.4 is 15.8 Å². The molecule has 1 atom stereocenters. The number of ether oxygens (including phenoxy) is 2. The maximum absolute atomic E-state index is 11.8. The second kappa shape index (κ2) is 5.81. The van der Waals surface area contributed by atoms with Gasteiger partial charge in [-0.25, -0.2) is 4.79 Å². The molecule has 1 fully saturated rings. The molecule has 0 aromatic heterocycles. The van der Waals surface area contributed by atoms with Gasteiger partial charge in [0, 0.05) is 11.7 Å². The highest BCUT2D eigenvalue weighted by atomic mass is 16.5. The predicted octanol–water partition coefficient (Wildman–Crippen LogP) is 1.10.